The van der Waals surface area contributed by atoms with Crippen LogP contribution in [0.4, 0.5) is 0 Å². The van der Waals surface area contributed by atoms with Gasteiger partial charge in [0.15, 0.2) is 6.29 Å². The molecule has 1 heterocycles. The van der Waals surface area contributed by atoms with E-state index in [1.807, 2.05) is 84.9 Å². The monoisotopic (exact) mass is 710 g/mol. The summed E-state index contributed by atoms with van der Waals surface area (Å²) in [5.41, 5.74) is 5.94. The van der Waals surface area contributed by atoms with Gasteiger partial charge in [0.05, 0.1) is 24.4 Å². The first-order valence-electron chi connectivity index (χ1n) is 17.4. The molecule has 4 N–H and O–H groups in total. The summed E-state index contributed by atoms with van der Waals surface area (Å²) in [6.07, 6.45) is 1.72. The topological polar surface area (TPSA) is 134 Å². The minimum absolute atomic E-state index is 0.000207. The molecule has 5 rings (SSSR count). The van der Waals surface area contributed by atoms with Gasteiger partial charge < -0.3 is 30.3 Å². The summed E-state index contributed by atoms with van der Waals surface area (Å²) < 4.78 is 13.2. The third-order valence-corrected chi connectivity index (χ3v) is 10.2. The largest absolute Gasteiger partial charge is 0.478 e. The number of thioether (sulfide) groups is 1. The van der Waals surface area contributed by atoms with Crippen molar-refractivity contribution in [3.8, 4) is 11.1 Å². The Morgan fingerprint density at radius 3 is 2.24 bits per heavy atom. The van der Waals surface area contributed by atoms with Crippen LogP contribution in [-0.2, 0) is 32.2 Å². The van der Waals surface area contributed by atoms with Crippen molar-refractivity contribution in [1.29, 1.82) is 0 Å². The van der Waals surface area contributed by atoms with Gasteiger partial charge in [-0.1, -0.05) is 98.3 Å². The lowest BCUT2D eigenvalue weighted by Crippen LogP contribution is -2.38. The number of carbonyl (C=O) groups excluding carboxylic acids is 2. The molecule has 1 saturated heterocycles. The van der Waals surface area contributed by atoms with Crippen molar-refractivity contribution >= 4 is 29.5 Å². The molecule has 4 atom stereocenters. The van der Waals surface area contributed by atoms with Crippen LogP contribution in [0.25, 0.3) is 11.1 Å². The van der Waals surface area contributed by atoms with Crippen LogP contribution in [0.15, 0.2) is 102 Å². The van der Waals surface area contributed by atoms with Gasteiger partial charge in [-0.15, -0.1) is 11.8 Å². The molecule has 0 saturated carbocycles. The molecule has 51 heavy (non-hydrogen) atoms. The maximum absolute atomic E-state index is 12.6. The molecule has 268 valence electrons. The van der Waals surface area contributed by atoms with Crippen LogP contribution >= 0.6 is 11.8 Å². The molecule has 2 amide bonds. The number of unbranched alkanes of at least 4 members (excludes halogenated alkanes) is 2. The van der Waals surface area contributed by atoms with Gasteiger partial charge in [-0.05, 0) is 52.8 Å². The molecular formula is C41H46N2O7S. The molecule has 1 fully saturated rings. The fourth-order valence-electron chi connectivity index (χ4n) is 6.16. The van der Waals surface area contributed by atoms with E-state index in [1.165, 1.54) is 18.7 Å². The highest BCUT2D eigenvalue weighted by atomic mass is 32.2. The second kappa shape index (κ2) is 18.7. The summed E-state index contributed by atoms with van der Waals surface area (Å²) in [6, 6.07) is 30.8. The molecule has 0 radical (unpaired) electrons. The molecular weight excluding hydrogens is 665 g/mol. The van der Waals surface area contributed by atoms with E-state index in [-0.39, 0.29) is 42.1 Å². The van der Waals surface area contributed by atoms with Gasteiger partial charge in [0, 0.05) is 48.6 Å². The average Bonchev–Trinajstić information content (AvgIpc) is 3.15. The Kier molecular flexibility index (Phi) is 13.8. The zero-order valence-corrected chi connectivity index (χ0v) is 29.9. The highest BCUT2D eigenvalue weighted by molar-refractivity contribution is 7.99. The summed E-state index contributed by atoms with van der Waals surface area (Å²) in [5.74, 6) is -0.515. The van der Waals surface area contributed by atoms with Gasteiger partial charge in [-0.2, -0.15) is 0 Å². The first-order chi connectivity index (χ1) is 24.7. The van der Waals surface area contributed by atoms with Crippen LogP contribution in [0.3, 0.4) is 0 Å². The van der Waals surface area contributed by atoms with Crippen molar-refractivity contribution in [3.63, 3.8) is 0 Å². The standard InChI is InChI=1S/C41H46N2O7S/c1-27-36(26-51-37-13-8-7-12-35(37)40(47)48)49-41(50-39(27)31-17-15-29(25-44)16-18-31)32-21-19-30(20-22-32)34-11-6-5-10-33(34)24-43-38(46)14-4-3-9-23-42-28(2)45/h5-8,10-13,15-22,27,36,39,41,44H,3-4,9,14,23-26H2,1-2H3,(H,42,45)(H,43,46)(H,47,48)/t27-,36+,39+,41+/m0/s1. The van der Waals surface area contributed by atoms with E-state index in [0.29, 0.717) is 30.2 Å². The molecule has 0 bridgehead atoms. The lowest BCUT2D eigenvalue weighted by atomic mass is 9.91. The van der Waals surface area contributed by atoms with E-state index in [4.69, 9.17) is 9.47 Å². The van der Waals surface area contributed by atoms with E-state index in [9.17, 15) is 24.6 Å². The van der Waals surface area contributed by atoms with E-state index < -0.39 is 12.3 Å². The number of aliphatic hydroxyl groups excluding tert-OH is 1. The number of aliphatic hydroxyl groups is 1. The molecule has 9 nitrogen and oxygen atoms in total. The van der Waals surface area contributed by atoms with Gasteiger partial charge >= 0.3 is 5.97 Å². The Morgan fingerprint density at radius 2 is 1.51 bits per heavy atom. The molecule has 1 aliphatic rings. The van der Waals surface area contributed by atoms with Crippen molar-refractivity contribution in [3.05, 3.63) is 125 Å². The number of aromatic carboxylic acids is 1. The fourth-order valence-corrected chi connectivity index (χ4v) is 7.37. The first kappa shape index (κ1) is 37.8. The summed E-state index contributed by atoms with van der Waals surface area (Å²) in [6.45, 7) is 4.59. The minimum atomic E-state index is -0.964. The van der Waals surface area contributed by atoms with E-state index in [1.54, 1.807) is 12.1 Å². The number of ether oxygens (including phenoxy) is 2. The van der Waals surface area contributed by atoms with Crippen molar-refractivity contribution in [2.24, 2.45) is 5.92 Å². The summed E-state index contributed by atoms with van der Waals surface area (Å²) in [5, 5.41) is 25.1. The number of carboxylic acid groups (broad SMARTS) is 1. The van der Waals surface area contributed by atoms with Crippen LogP contribution in [0, 0.1) is 5.92 Å². The van der Waals surface area contributed by atoms with Gasteiger partial charge in [-0.25, -0.2) is 4.79 Å². The van der Waals surface area contributed by atoms with Gasteiger partial charge in [-0.3, -0.25) is 9.59 Å². The number of nitrogens with one attached hydrogen (secondary N) is 2. The van der Waals surface area contributed by atoms with Crippen LogP contribution in [-0.4, -0.2) is 46.4 Å². The number of rotatable bonds is 16. The maximum atomic E-state index is 12.6. The number of carbonyl (C=O) groups is 3. The zero-order valence-electron chi connectivity index (χ0n) is 29.0. The Hall–Kier alpha value is -4.48. The molecule has 4 aromatic carbocycles. The number of carboxylic acids is 1. The van der Waals surface area contributed by atoms with Gasteiger partial charge in [0.25, 0.3) is 0 Å². The van der Waals surface area contributed by atoms with Crippen molar-refractivity contribution in [1.82, 2.24) is 10.6 Å². The third-order valence-electron chi connectivity index (χ3n) is 9.09. The molecule has 0 aliphatic carbocycles. The quantitative estimate of drug-likeness (QED) is 0.0697. The maximum Gasteiger partial charge on any atom is 0.336 e. The van der Waals surface area contributed by atoms with E-state index in [0.717, 1.165) is 52.6 Å². The number of hydrogen-bond acceptors (Lipinski definition) is 7. The van der Waals surface area contributed by atoms with E-state index in [2.05, 4.69) is 17.6 Å². The van der Waals surface area contributed by atoms with Crippen LogP contribution in [0.1, 0.15) is 84.5 Å². The lowest BCUT2D eigenvalue weighted by molar-refractivity contribution is -0.268. The van der Waals surface area contributed by atoms with Crippen molar-refractivity contribution in [2.45, 2.75) is 76.1 Å². The van der Waals surface area contributed by atoms with Gasteiger partial charge in [0.2, 0.25) is 11.8 Å². The molecule has 10 heteroatoms. The predicted octanol–water partition coefficient (Wildman–Crippen LogP) is 7.44. The lowest BCUT2D eigenvalue weighted by Gasteiger charge is -2.41. The summed E-state index contributed by atoms with van der Waals surface area (Å²) >= 11 is 1.46. The minimum Gasteiger partial charge on any atom is -0.478 e. The van der Waals surface area contributed by atoms with Crippen molar-refractivity contribution < 1.29 is 34.1 Å². The first-order valence-corrected chi connectivity index (χ1v) is 18.4. The highest BCUT2D eigenvalue weighted by Gasteiger charge is 2.38. The molecule has 0 spiro atoms. The smallest absolute Gasteiger partial charge is 0.336 e. The summed E-state index contributed by atoms with van der Waals surface area (Å²) in [4.78, 5) is 36.1. The Bertz CT molecular complexity index is 1760. The fraction of sp³-hybridized carbons (Fsp3) is 0.341. The predicted molar refractivity (Wildman–Crippen MR) is 198 cm³/mol. The number of amides is 2. The third kappa shape index (κ3) is 10.5. The number of benzene rings is 4. The number of hydrogen-bond donors (Lipinski definition) is 4. The molecule has 0 unspecified atom stereocenters. The Morgan fingerprint density at radius 1 is 0.804 bits per heavy atom. The normalized spacial score (nSPS) is 18.6. The average molecular weight is 711 g/mol. The van der Waals surface area contributed by atoms with Crippen molar-refractivity contribution in [2.75, 3.05) is 12.3 Å². The molecule has 1 aliphatic heterocycles. The highest BCUT2D eigenvalue weighted by Crippen LogP contribution is 2.43. The summed E-state index contributed by atoms with van der Waals surface area (Å²) in [7, 11) is 0. The second-order valence-electron chi connectivity index (χ2n) is 12.8. The van der Waals surface area contributed by atoms with Crippen LogP contribution in [0.2, 0.25) is 0 Å². The SMILES string of the molecule is CC(=O)NCCCCCC(=O)NCc1ccccc1-c1ccc([C@@H]2O[C@H](CSc3ccccc3C(=O)O)[C@H](C)[C@H](c3ccc(CO)cc3)O2)cc1. The van der Waals surface area contributed by atoms with Crippen LogP contribution < -0.4 is 10.6 Å². The molecule has 0 aromatic heterocycles. The Labute approximate surface area is 303 Å². The van der Waals surface area contributed by atoms with E-state index >= 15 is 0 Å². The van der Waals surface area contributed by atoms with Gasteiger partial charge in [0.1, 0.15) is 0 Å². The zero-order chi connectivity index (χ0) is 36.2. The van der Waals surface area contributed by atoms with Crippen LogP contribution in [0.5, 0.6) is 0 Å². The Balaban J connectivity index is 1.28. The second-order valence-corrected chi connectivity index (χ2v) is 13.8. The molecule has 4 aromatic rings.